The molecule has 1 heterocycles. The van der Waals surface area contributed by atoms with Crippen molar-refractivity contribution in [2.24, 2.45) is 0 Å². The van der Waals surface area contributed by atoms with Gasteiger partial charge in [-0.2, -0.15) is 0 Å². The molecular formula is C21H23FN2O3. The molecule has 1 unspecified atom stereocenters. The molecule has 27 heavy (non-hydrogen) atoms. The Labute approximate surface area is 158 Å². The molecule has 6 heteroatoms. The van der Waals surface area contributed by atoms with Crippen molar-refractivity contribution in [3.05, 3.63) is 65.5 Å². The molecule has 1 saturated heterocycles. The summed E-state index contributed by atoms with van der Waals surface area (Å²) < 4.78 is 18.2. The van der Waals surface area contributed by atoms with Gasteiger partial charge in [-0.25, -0.2) is 4.39 Å². The average molecular weight is 370 g/mol. The molecule has 1 aliphatic rings. The van der Waals surface area contributed by atoms with Gasteiger partial charge in [0.05, 0.1) is 13.2 Å². The minimum Gasteiger partial charge on any atom is -0.497 e. The number of carbonyl (C=O) groups excluding carboxylic acids is 2. The lowest BCUT2D eigenvalue weighted by molar-refractivity contribution is -0.139. The third-order valence-corrected chi connectivity index (χ3v) is 4.92. The van der Waals surface area contributed by atoms with Crippen molar-refractivity contribution >= 4 is 12.3 Å². The highest BCUT2D eigenvalue weighted by Gasteiger charge is 2.30. The van der Waals surface area contributed by atoms with Crippen molar-refractivity contribution < 1.29 is 18.7 Å². The van der Waals surface area contributed by atoms with Gasteiger partial charge in [-0.3, -0.25) is 9.59 Å². The number of piperazine rings is 1. The van der Waals surface area contributed by atoms with E-state index in [0.29, 0.717) is 32.5 Å². The molecule has 0 N–H and O–H groups in total. The zero-order chi connectivity index (χ0) is 19.2. The molecule has 2 aromatic rings. The monoisotopic (exact) mass is 370 g/mol. The van der Waals surface area contributed by atoms with Crippen LogP contribution >= 0.6 is 0 Å². The van der Waals surface area contributed by atoms with Crippen LogP contribution in [0.4, 0.5) is 4.39 Å². The second kappa shape index (κ2) is 8.66. The lowest BCUT2D eigenvalue weighted by Crippen LogP contribution is -2.50. The molecule has 0 aromatic heterocycles. The van der Waals surface area contributed by atoms with Crippen LogP contribution in [0, 0.1) is 5.82 Å². The topological polar surface area (TPSA) is 49.9 Å². The first-order valence-corrected chi connectivity index (χ1v) is 8.98. The first kappa shape index (κ1) is 18.9. The summed E-state index contributed by atoms with van der Waals surface area (Å²) >= 11 is 0. The molecule has 5 nitrogen and oxygen atoms in total. The van der Waals surface area contributed by atoms with Crippen LogP contribution in [0.25, 0.3) is 0 Å². The number of nitrogens with zero attached hydrogens (tertiary/aromatic N) is 2. The Hall–Kier alpha value is -2.89. The van der Waals surface area contributed by atoms with Crippen LogP contribution in [-0.2, 0) is 16.0 Å². The van der Waals surface area contributed by atoms with Gasteiger partial charge in [0.1, 0.15) is 11.6 Å². The number of ether oxygens (including phenoxy) is 1. The van der Waals surface area contributed by atoms with Crippen LogP contribution in [0.2, 0.25) is 0 Å². The maximum absolute atomic E-state index is 13.0. The van der Waals surface area contributed by atoms with Crippen LogP contribution in [0.1, 0.15) is 23.6 Å². The quantitative estimate of drug-likeness (QED) is 0.735. The van der Waals surface area contributed by atoms with Crippen molar-refractivity contribution in [3.63, 3.8) is 0 Å². The summed E-state index contributed by atoms with van der Waals surface area (Å²) in [4.78, 5) is 27.6. The highest BCUT2D eigenvalue weighted by Crippen LogP contribution is 2.27. The second-order valence-corrected chi connectivity index (χ2v) is 6.60. The predicted octanol–water partition coefficient (Wildman–Crippen LogP) is 2.81. The molecule has 0 bridgehead atoms. The Morgan fingerprint density at radius 2 is 1.85 bits per heavy atom. The lowest BCUT2D eigenvalue weighted by atomic mass is 10.0. The fraction of sp³-hybridized carbons (Fsp3) is 0.333. The summed E-state index contributed by atoms with van der Waals surface area (Å²) in [5.74, 6) is 0.497. The van der Waals surface area contributed by atoms with E-state index in [-0.39, 0.29) is 17.8 Å². The van der Waals surface area contributed by atoms with E-state index in [1.54, 1.807) is 24.1 Å². The van der Waals surface area contributed by atoms with E-state index in [0.717, 1.165) is 23.3 Å². The van der Waals surface area contributed by atoms with Gasteiger partial charge < -0.3 is 14.5 Å². The zero-order valence-electron chi connectivity index (χ0n) is 15.3. The van der Waals surface area contributed by atoms with E-state index in [1.165, 1.54) is 12.1 Å². The maximum atomic E-state index is 13.0. The van der Waals surface area contributed by atoms with Gasteiger partial charge in [0.2, 0.25) is 12.3 Å². The summed E-state index contributed by atoms with van der Waals surface area (Å²) in [7, 11) is 1.61. The number of benzene rings is 2. The van der Waals surface area contributed by atoms with E-state index < -0.39 is 0 Å². The van der Waals surface area contributed by atoms with Gasteiger partial charge in [0.25, 0.3) is 0 Å². The Morgan fingerprint density at radius 1 is 1.15 bits per heavy atom. The molecule has 2 aromatic carbocycles. The average Bonchev–Trinajstić information content (AvgIpc) is 2.72. The number of methoxy groups -OCH3 is 1. The maximum Gasteiger partial charge on any atom is 0.223 e. The number of carbonyl (C=O) groups is 2. The molecule has 1 atom stereocenters. The number of amides is 2. The smallest absolute Gasteiger partial charge is 0.223 e. The second-order valence-electron chi connectivity index (χ2n) is 6.60. The minimum absolute atomic E-state index is 0.0330. The van der Waals surface area contributed by atoms with Gasteiger partial charge >= 0.3 is 0 Å². The Morgan fingerprint density at radius 3 is 2.48 bits per heavy atom. The highest BCUT2D eigenvalue weighted by atomic mass is 19.1. The number of halogens is 1. The standard InChI is InChI=1S/C21H23FN2O3/c1-27-19-9-5-17(6-10-19)20-14-23(15-25)12-13-24(20)21(26)11-4-16-2-7-18(22)8-3-16/h2-3,5-10,15,20H,4,11-14H2,1H3. The highest BCUT2D eigenvalue weighted by molar-refractivity contribution is 5.77. The van der Waals surface area contributed by atoms with Gasteiger partial charge in [-0.1, -0.05) is 24.3 Å². The zero-order valence-corrected chi connectivity index (χ0v) is 15.3. The molecule has 3 rings (SSSR count). The normalized spacial score (nSPS) is 16.9. The number of aryl methyl sites for hydroxylation is 1. The minimum atomic E-state index is -0.283. The molecule has 1 aliphatic heterocycles. The number of hydrogen-bond acceptors (Lipinski definition) is 3. The summed E-state index contributed by atoms with van der Waals surface area (Å²) in [6.07, 6.45) is 1.73. The fourth-order valence-electron chi connectivity index (χ4n) is 3.36. The molecule has 2 amide bonds. The largest absolute Gasteiger partial charge is 0.497 e. The lowest BCUT2D eigenvalue weighted by Gasteiger charge is -2.40. The van der Waals surface area contributed by atoms with Crippen LogP contribution in [0.15, 0.2) is 48.5 Å². The molecule has 0 saturated carbocycles. The summed E-state index contributed by atoms with van der Waals surface area (Å²) in [6.45, 7) is 1.49. The first-order valence-electron chi connectivity index (χ1n) is 8.98. The Bertz CT molecular complexity index is 777. The fourth-order valence-corrected chi connectivity index (χ4v) is 3.36. The SMILES string of the molecule is COc1ccc(C2CN(C=O)CCN2C(=O)CCc2ccc(F)cc2)cc1. The predicted molar refractivity (Wildman–Crippen MR) is 99.8 cm³/mol. The van der Waals surface area contributed by atoms with Gasteiger partial charge in [-0.05, 0) is 41.8 Å². The van der Waals surface area contributed by atoms with Crippen LogP contribution < -0.4 is 4.74 Å². The summed E-state index contributed by atoms with van der Waals surface area (Å²) in [5.41, 5.74) is 1.90. The van der Waals surface area contributed by atoms with Crippen LogP contribution in [-0.4, -0.2) is 48.9 Å². The van der Waals surface area contributed by atoms with E-state index in [4.69, 9.17) is 4.74 Å². The van der Waals surface area contributed by atoms with Crippen molar-refractivity contribution in [1.29, 1.82) is 0 Å². The Balaban J connectivity index is 1.72. The van der Waals surface area contributed by atoms with Crippen molar-refractivity contribution in [3.8, 4) is 5.75 Å². The van der Waals surface area contributed by atoms with Crippen molar-refractivity contribution in [2.45, 2.75) is 18.9 Å². The number of hydrogen-bond donors (Lipinski definition) is 0. The van der Waals surface area contributed by atoms with Crippen LogP contribution in [0.3, 0.4) is 0 Å². The van der Waals surface area contributed by atoms with Gasteiger partial charge in [0, 0.05) is 26.1 Å². The van der Waals surface area contributed by atoms with Gasteiger partial charge in [-0.15, -0.1) is 0 Å². The third-order valence-electron chi connectivity index (χ3n) is 4.92. The Kier molecular flexibility index (Phi) is 6.06. The number of rotatable bonds is 6. The van der Waals surface area contributed by atoms with E-state index in [9.17, 15) is 14.0 Å². The first-order chi connectivity index (χ1) is 13.1. The summed E-state index contributed by atoms with van der Waals surface area (Å²) in [5, 5.41) is 0. The van der Waals surface area contributed by atoms with E-state index in [1.807, 2.05) is 29.2 Å². The third kappa shape index (κ3) is 4.64. The molecule has 1 fully saturated rings. The van der Waals surface area contributed by atoms with Crippen molar-refractivity contribution in [1.82, 2.24) is 9.80 Å². The molecule has 0 radical (unpaired) electrons. The van der Waals surface area contributed by atoms with E-state index in [2.05, 4.69) is 0 Å². The molecule has 142 valence electrons. The molecule has 0 spiro atoms. The van der Waals surface area contributed by atoms with Crippen LogP contribution in [0.5, 0.6) is 5.75 Å². The van der Waals surface area contributed by atoms with Gasteiger partial charge in [0.15, 0.2) is 0 Å². The summed E-state index contributed by atoms with van der Waals surface area (Å²) in [6, 6.07) is 13.6. The van der Waals surface area contributed by atoms with E-state index >= 15 is 0 Å². The molecule has 0 aliphatic carbocycles. The van der Waals surface area contributed by atoms with Crippen molar-refractivity contribution in [2.75, 3.05) is 26.7 Å². The molecular weight excluding hydrogens is 347 g/mol.